The molecule has 0 aliphatic carbocycles. The van der Waals surface area contributed by atoms with Gasteiger partial charge in [0.25, 0.3) is 5.91 Å². The van der Waals surface area contributed by atoms with Crippen LogP contribution in [0.4, 0.5) is 5.82 Å². The second kappa shape index (κ2) is 7.85. The van der Waals surface area contributed by atoms with Crippen LogP contribution in [0.3, 0.4) is 0 Å². The number of hydrogen-bond acceptors (Lipinski definition) is 5. The third-order valence-electron chi connectivity index (χ3n) is 4.30. The number of nitrogen functional groups attached to an aromatic ring is 1. The summed E-state index contributed by atoms with van der Waals surface area (Å²) in [7, 11) is 1.63. The number of fused-ring (bicyclic) bond motifs is 1. The molecule has 0 aliphatic heterocycles. The van der Waals surface area contributed by atoms with E-state index in [1.807, 2.05) is 49.4 Å². The van der Waals surface area contributed by atoms with Gasteiger partial charge in [-0.3, -0.25) is 4.79 Å². The van der Waals surface area contributed by atoms with Gasteiger partial charge in [0, 0.05) is 24.5 Å². The highest BCUT2D eigenvalue weighted by molar-refractivity contribution is 5.91. The van der Waals surface area contributed by atoms with Crippen molar-refractivity contribution in [3.63, 3.8) is 0 Å². The predicted molar refractivity (Wildman–Crippen MR) is 106 cm³/mol. The number of benzene rings is 2. The number of aliphatic hydroxyl groups excluding tert-OH is 1. The molecule has 0 bridgehead atoms. The number of carbonyl (C=O) groups excluding carboxylic acids is 1. The number of nitrogens with zero attached hydrogens (tertiary/aromatic N) is 3. The van der Waals surface area contributed by atoms with Gasteiger partial charge in [0.05, 0.1) is 5.52 Å². The first-order valence-corrected chi connectivity index (χ1v) is 8.55. The van der Waals surface area contributed by atoms with Crippen molar-refractivity contribution in [3.8, 4) is 23.0 Å². The SMILES string of the molecule is CCN(C)C(=O)[C@H](O)C#Cc1cccc(-c2ccc3ncnc(N)c3c2)c1. The lowest BCUT2D eigenvalue weighted by molar-refractivity contribution is -0.135. The highest BCUT2D eigenvalue weighted by atomic mass is 16.3. The van der Waals surface area contributed by atoms with E-state index in [2.05, 4.69) is 21.8 Å². The van der Waals surface area contributed by atoms with Crippen molar-refractivity contribution in [2.24, 2.45) is 0 Å². The Morgan fingerprint density at radius 2 is 2.00 bits per heavy atom. The van der Waals surface area contributed by atoms with E-state index >= 15 is 0 Å². The van der Waals surface area contributed by atoms with Gasteiger partial charge in [-0.2, -0.15) is 0 Å². The van der Waals surface area contributed by atoms with E-state index < -0.39 is 12.0 Å². The Morgan fingerprint density at radius 3 is 2.78 bits per heavy atom. The number of carbonyl (C=O) groups is 1. The summed E-state index contributed by atoms with van der Waals surface area (Å²) in [5.74, 6) is 5.49. The van der Waals surface area contributed by atoms with Crippen LogP contribution in [-0.2, 0) is 4.79 Å². The molecule has 2 aromatic carbocycles. The van der Waals surface area contributed by atoms with Crippen molar-refractivity contribution in [2.45, 2.75) is 13.0 Å². The Bertz CT molecular complexity index is 1050. The van der Waals surface area contributed by atoms with E-state index in [0.29, 0.717) is 17.9 Å². The lowest BCUT2D eigenvalue weighted by atomic mass is 10.0. The van der Waals surface area contributed by atoms with Crippen molar-refractivity contribution >= 4 is 22.6 Å². The van der Waals surface area contributed by atoms with Gasteiger partial charge in [0.2, 0.25) is 0 Å². The third kappa shape index (κ3) is 4.05. The van der Waals surface area contributed by atoms with E-state index in [1.54, 1.807) is 7.05 Å². The summed E-state index contributed by atoms with van der Waals surface area (Å²) in [6, 6.07) is 13.3. The highest BCUT2D eigenvalue weighted by Crippen LogP contribution is 2.26. The molecular weight excluding hydrogens is 340 g/mol. The van der Waals surface area contributed by atoms with E-state index in [4.69, 9.17) is 5.73 Å². The first-order valence-electron chi connectivity index (χ1n) is 8.55. The third-order valence-corrected chi connectivity index (χ3v) is 4.30. The maximum atomic E-state index is 11.9. The minimum Gasteiger partial charge on any atom is -0.383 e. The van der Waals surface area contributed by atoms with Crippen LogP contribution >= 0.6 is 0 Å². The lowest BCUT2D eigenvalue weighted by Gasteiger charge is -2.15. The van der Waals surface area contributed by atoms with Gasteiger partial charge in [0.1, 0.15) is 12.1 Å². The Hall–Kier alpha value is -3.43. The number of aliphatic hydroxyl groups is 1. The van der Waals surface area contributed by atoms with Crippen molar-refractivity contribution in [3.05, 3.63) is 54.4 Å². The molecule has 1 aromatic heterocycles. The number of amides is 1. The smallest absolute Gasteiger partial charge is 0.263 e. The minimum absolute atomic E-state index is 0.411. The second-order valence-corrected chi connectivity index (χ2v) is 6.10. The lowest BCUT2D eigenvalue weighted by Crippen LogP contribution is -2.35. The molecule has 0 saturated heterocycles. The summed E-state index contributed by atoms with van der Waals surface area (Å²) < 4.78 is 0. The number of rotatable bonds is 3. The van der Waals surface area contributed by atoms with Crippen molar-refractivity contribution in [1.82, 2.24) is 14.9 Å². The molecule has 6 nitrogen and oxygen atoms in total. The zero-order valence-electron chi connectivity index (χ0n) is 15.2. The van der Waals surface area contributed by atoms with Crippen molar-refractivity contribution < 1.29 is 9.90 Å². The maximum absolute atomic E-state index is 11.9. The van der Waals surface area contributed by atoms with E-state index in [0.717, 1.165) is 22.0 Å². The van der Waals surface area contributed by atoms with Crippen molar-refractivity contribution in [1.29, 1.82) is 0 Å². The molecule has 3 rings (SSSR count). The molecular formula is C21H20N4O2. The molecule has 6 heteroatoms. The Balaban J connectivity index is 1.90. The molecule has 136 valence electrons. The largest absolute Gasteiger partial charge is 0.383 e. The molecule has 0 radical (unpaired) electrons. The van der Waals surface area contributed by atoms with Crippen LogP contribution in [0.2, 0.25) is 0 Å². The average Bonchev–Trinajstić information content (AvgIpc) is 2.71. The van der Waals surface area contributed by atoms with Crippen LogP contribution in [0.1, 0.15) is 12.5 Å². The summed E-state index contributed by atoms with van der Waals surface area (Å²) in [5, 5.41) is 10.7. The summed E-state index contributed by atoms with van der Waals surface area (Å²) in [6.45, 7) is 2.35. The standard InChI is InChI=1S/C21H20N4O2/c1-3-25(2)21(27)19(26)10-7-14-5-4-6-15(11-14)16-8-9-18-17(12-16)20(22)24-13-23-18/h4-6,8-9,11-13,19,26H,3H2,1-2H3,(H2,22,23,24)/t19-/m1/s1. The zero-order chi connectivity index (χ0) is 19.4. The molecule has 1 heterocycles. The van der Waals surface area contributed by atoms with E-state index in [9.17, 15) is 9.90 Å². The fourth-order valence-electron chi connectivity index (χ4n) is 2.61. The molecule has 0 unspecified atom stereocenters. The number of hydrogen-bond donors (Lipinski definition) is 2. The van der Waals surface area contributed by atoms with Gasteiger partial charge < -0.3 is 15.7 Å². The average molecular weight is 360 g/mol. The molecule has 3 N–H and O–H groups in total. The van der Waals surface area contributed by atoms with Crippen LogP contribution in [-0.4, -0.2) is 45.6 Å². The Labute approximate surface area is 157 Å². The fraction of sp³-hybridized carbons (Fsp3) is 0.190. The van der Waals surface area contributed by atoms with Gasteiger partial charge in [-0.1, -0.05) is 30.0 Å². The topological polar surface area (TPSA) is 92.3 Å². The summed E-state index contributed by atoms with van der Waals surface area (Å²) in [4.78, 5) is 21.5. The van der Waals surface area contributed by atoms with Crippen LogP contribution < -0.4 is 5.73 Å². The summed E-state index contributed by atoms with van der Waals surface area (Å²) in [6.07, 6.45) is 0.104. The molecule has 3 aromatic rings. The normalized spacial score (nSPS) is 11.5. The number of anilines is 1. The number of likely N-dealkylation sites (N-methyl/N-ethyl adjacent to an activating group) is 1. The van der Waals surface area contributed by atoms with Crippen LogP contribution in [0.25, 0.3) is 22.0 Å². The van der Waals surface area contributed by atoms with Gasteiger partial charge in [-0.15, -0.1) is 0 Å². The Morgan fingerprint density at radius 1 is 1.22 bits per heavy atom. The highest BCUT2D eigenvalue weighted by Gasteiger charge is 2.15. The first kappa shape index (κ1) is 18.4. The van der Waals surface area contributed by atoms with Gasteiger partial charge in [0.15, 0.2) is 6.10 Å². The quantitative estimate of drug-likeness (QED) is 0.698. The maximum Gasteiger partial charge on any atom is 0.263 e. The van der Waals surface area contributed by atoms with Gasteiger partial charge in [-0.25, -0.2) is 9.97 Å². The summed E-state index contributed by atoms with van der Waals surface area (Å²) >= 11 is 0. The Kier molecular flexibility index (Phi) is 5.34. The first-order chi connectivity index (χ1) is 13.0. The second-order valence-electron chi connectivity index (χ2n) is 6.10. The zero-order valence-corrected chi connectivity index (χ0v) is 15.2. The fourth-order valence-corrected chi connectivity index (χ4v) is 2.61. The van der Waals surface area contributed by atoms with E-state index in [1.165, 1.54) is 11.2 Å². The summed E-state index contributed by atoms with van der Waals surface area (Å²) in [5.41, 5.74) is 9.32. The molecule has 0 saturated carbocycles. The molecule has 1 amide bonds. The minimum atomic E-state index is -1.34. The molecule has 1 atom stereocenters. The molecule has 0 spiro atoms. The molecule has 0 aliphatic rings. The van der Waals surface area contributed by atoms with E-state index in [-0.39, 0.29) is 0 Å². The number of nitrogens with two attached hydrogens (primary N) is 1. The van der Waals surface area contributed by atoms with Crippen LogP contribution in [0.5, 0.6) is 0 Å². The van der Waals surface area contributed by atoms with Gasteiger partial charge >= 0.3 is 0 Å². The number of aromatic nitrogens is 2. The van der Waals surface area contributed by atoms with Gasteiger partial charge in [-0.05, 0) is 42.3 Å². The van der Waals surface area contributed by atoms with Crippen LogP contribution in [0.15, 0.2) is 48.8 Å². The molecule has 0 fully saturated rings. The van der Waals surface area contributed by atoms with Crippen molar-refractivity contribution in [2.75, 3.05) is 19.3 Å². The predicted octanol–water partition coefficient (Wildman–Crippen LogP) is 2.07. The van der Waals surface area contributed by atoms with Crippen LogP contribution in [0, 0.1) is 11.8 Å². The monoisotopic (exact) mass is 360 g/mol. The molecule has 27 heavy (non-hydrogen) atoms.